The third kappa shape index (κ3) is 7.65. The van der Waals surface area contributed by atoms with Crippen LogP contribution in [0.3, 0.4) is 0 Å². The minimum atomic E-state index is 0.0695. The molecule has 3 aliphatic rings. The highest BCUT2D eigenvalue weighted by molar-refractivity contribution is 6.88. The number of nitrogens with zero attached hydrogens (tertiary/aromatic N) is 1. The zero-order valence-electron chi connectivity index (χ0n) is 41.8. The fraction of sp³-hybridized carbons (Fsp3) is 0.273. The van der Waals surface area contributed by atoms with Crippen LogP contribution in [0, 0.1) is 0 Å². The molecule has 8 aromatic rings. The summed E-state index contributed by atoms with van der Waals surface area (Å²) in [5.74, 6) is 0. The average molecular weight is 884 g/mol. The summed E-state index contributed by atoms with van der Waals surface area (Å²) in [6.45, 7) is 22.4. The van der Waals surface area contributed by atoms with Crippen molar-refractivity contribution in [2.75, 3.05) is 4.90 Å². The van der Waals surface area contributed by atoms with E-state index in [1.165, 1.54) is 132 Å². The first-order valence-corrected chi connectivity index (χ1v) is 25.3. The van der Waals surface area contributed by atoms with E-state index in [9.17, 15) is 0 Å². The van der Waals surface area contributed by atoms with Crippen molar-refractivity contribution < 1.29 is 0 Å². The van der Waals surface area contributed by atoms with Gasteiger partial charge in [0.05, 0.1) is 0 Å². The molecule has 0 atom stereocenters. The summed E-state index contributed by atoms with van der Waals surface area (Å²) >= 11 is 0. The zero-order valence-corrected chi connectivity index (χ0v) is 41.8. The SMILES string of the molecule is CB1c2cc3c(cc2N(c2ccc4c(c2)C(C)(C)CCC4(C)C)c2cc(-c4ccccc4)cc(-c4cc(-c5ccccc5)ccc4Cc4ccc(-c5ccccc5)cc4)c21)C(C)(C)CCC3(C)C. The van der Waals surface area contributed by atoms with Crippen molar-refractivity contribution in [3.05, 3.63) is 209 Å². The van der Waals surface area contributed by atoms with E-state index in [0.29, 0.717) is 0 Å². The van der Waals surface area contributed by atoms with Gasteiger partial charge in [-0.25, -0.2) is 0 Å². The van der Waals surface area contributed by atoms with Crippen LogP contribution in [0.1, 0.15) is 114 Å². The molecular formula is C66H66BN. The lowest BCUT2D eigenvalue weighted by Gasteiger charge is -2.46. The predicted octanol–water partition coefficient (Wildman–Crippen LogP) is 16.7. The molecule has 0 saturated carbocycles. The van der Waals surface area contributed by atoms with Gasteiger partial charge >= 0.3 is 0 Å². The van der Waals surface area contributed by atoms with Crippen LogP contribution in [0.15, 0.2) is 176 Å². The molecular weight excluding hydrogens is 818 g/mol. The van der Waals surface area contributed by atoms with Crippen molar-refractivity contribution in [2.45, 2.75) is 116 Å². The second-order valence-electron chi connectivity index (χ2n) is 23.1. The molecule has 0 bridgehead atoms. The van der Waals surface area contributed by atoms with Crippen molar-refractivity contribution in [2.24, 2.45) is 0 Å². The molecule has 338 valence electrons. The molecule has 1 aliphatic heterocycles. The van der Waals surface area contributed by atoms with E-state index in [1.54, 1.807) is 0 Å². The molecule has 8 aromatic carbocycles. The average Bonchev–Trinajstić information content (AvgIpc) is 3.35. The second-order valence-corrected chi connectivity index (χ2v) is 23.1. The summed E-state index contributed by atoms with van der Waals surface area (Å²) in [6.07, 6.45) is 5.56. The Morgan fingerprint density at radius 3 is 1.46 bits per heavy atom. The number of hydrogen-bond acceptors (Lipinski definition) is 1. The Hall–Kier alpha value is -6.38. The first-order valence-electron chi connectivity index (χ1n) is 25.3. The number of benzene rings is 8. The summed E-state index contributed by atoms with van der Waals surface area (Å²) in [5, 5.41) is 0. The summed E-state index contributed by atoms with van der Waals surface area (Å²) in [7, 11) is 0. The standard InChI is InChI=1S/C66H66BN/c1-63(2)33-34-64(3,4)56-41-52(31-32-55(56)63)68-60-43-58-57(65(5,6)35-36-66(58,7)8)42-59(60)67(9)62-54(39-51(40-61(62)68)47-23-17-12-18-24-47)53-38-49(46-21-15-11-16-22-46)29-30-50(53)37-44-25-27-48(28-26-44)45-19-13-10-14-20-45/h10-32,38-43H,33-37H2,1-9H3. The van der Waals surface area contributed by atoms with Gasteiger partial charge in [0.2, 0.25) is 6.71 Å². The fourth-order valence-corrected chi connectivity index (χ4v) is 12.2. The lowest BCUT2D eigenvalue weighted by molar-refractivity contribution is 0.332. The van der Waals surface area contributed by atoms with Gasteiger partial charge in [-0.2, -0.15) is 0 Å². The van der Waals surface area contributed by atoms with E-state index in [-0.39, 0.29) is 28.4 Å². The molecule has 11 rings (SSSR count). The van der Waals surface area contributed by atoms with E-state index in [4.69, 9.17) is 0 Å². The Morgan fingerprint density at radius 2 is 0.868 bits per heavy atom. The molecule has 1 nitrogen and oxygen atoms in total. The van der Waals surface area contributed by atoms with Crippen molar-refractivity contribution in [1.29, 1.82) is 0 Å². The van der Waals surface area contributed by atoms with Gasteiger partial charge < -0.3 is 4.90 Å². The normalized spacial score (nSPS) is 17.1. The summed E-state index contributed by atoms with van der Waals surface area (Å²) in [6, 6.07) is 67.2. The zero-order chi connectivity index (χ0) is 47.2. The molecule has 0 saturated heterocycles. The highest BCUT2D eigenvalue weighted by Gasteiger charge is 2.43. The third-order valence-corrected chi connectivity index (χ3v) is 16.7. The molecule has 0 N–H and O–H groups in total. The molecule has 0 spiro atoms. The summed E-state index contributed by atoms with van der Waals surface area (Å²) < 4.78 is 0. The van der Waals surface area contributed by atoms with E-state index in [1.807, 2.05) is 0 Å². The maximum Gasteiger partial charge on any atom is 0.212 e. The van der Waals surface area contributed by atoms with Gasteiger partial charge in [0, 0.05) is 17.1 Å². The highest BCUT2D eigenvalue weighted by Crippen LogP contribution is 2.52. The molecule has 0 amide bonds. The van der Waals surface area contributed by atoms with Crippen LogP contribution in [0.5, 0.6) is 0 Å². The molecule has 2 heteroatoms. The van der Waals surface area contributed by atoms with Gasteiger partial charge in [0.1, 0.15) is 0 Å². The lowest BCUT2D eigenvalue weighted by atomic mass is 9.38. The molecule has 0 fully saturated rings. The minimum Gasteiger partial charge on any atom is -0.311 e. The molecule has 0 radical (unpaired) electrons. The van der Waals surface area contributed by atoms with Crippen LogP contribution in [-0.4, -0.2) is 6.71 Å². The topological polar surface area (TPSA) is 3.24 Å². The van der Waals surface area contributed by atoms with Crippen LogP contribution in [0.25, 0.3) is 44.5 Å². The third-order valence-electron chi connectivity index (χ3n) is 16.7. The maximum absolute atomic E-state index is 2.69. The molecule has 2 aliphatic carbocycles. The van der Waals surface area contributed by atoms with Crippen molar-refractivity contribution >= 4 is 34.7 Å². The maximum atomic E-state index is 2.69. The van der Waals surface area contributed by atoms with Crippen molar-refractivity contribution in [3.8, 4) is 44.5 Å². The van der Waals surface area contributed by atoms with E-state index < -0.39 is 0 Å². The smallest absolute Gasteiger partial charge is 0.212 e. The largest absolute Gasteiger partial charge is 0.311 e. The van der Waals surface area contributed by atoms with Gasteiger partial charge in [-0.05, 0) is 174 Å². The Morgan fingerprint density at radius 1 is 0.397 bits per heavy atom. The van der Waals surface area contributed by atoms with E-state index >= 15 is 0 Å². The molecule has 0 aromatic heterocycles. The van der Waals surface area contributed by atoms with Crippen LogP contribution in [0.4, 0.5) is 17.1 Å². The van der Waals surface area contributed by atoms with Crippen molar-refractivity contribution in [3.63, 3.8) is 0 Å². The van der Waals surface area contributed by atoms with Crippen LogP contribution >= 0.6 is 0 Å². The number of rotatable bonds is 7. The van der Waals surface area contributed by atoms with E-state index in [2.05, 4.69) is 243 Å². The molecule has 68 heavy (non-hydrogen) atoms. The van der Waals surface area contributed by atoms with Gasteiger partial charge in [0.15, 0.2) is 0 Å². The van der Waals surface area contributed by atoms with Gasteiger partial charge in [0.25, 0.3) is 0 Å². The van der Waals surface area contributed by atoms with Gasteiger partial charge in [-0.1, -0.05) is 207 Å². The van der Waals surface area contributed by atoms with Crippen molar-refractivity contribution in [1.82, 2.24) is 0 Å². The lowest BCUT2D eigenvalue weighted by Crippen LogP contribution is -2.50. The number of hydrogen-bond donors (Lipinski definition) is 0. The van der Waals surface area contributed by atoms with Crippen LogP contribution in [-0.2, 0) is 28.1 Å². The Bertz CT molecular complexity index is 3190. The number of anilines is 3. The predicted molar refractivity (Wildman–Crippen MR) is 294 cm³/mol. The Kier molecular flexibility index (Phi) is 10.7. The Labute approximate surface area is 407 Å². The number of fused-ring (bicyclic) bond motifs is 4. The summed E-state index contributed by atoms with van der Waals surface area (Å²) in [4.78, 5) is 2.69. The van der Waals surface area contributed by atoms with Crippen LogP contribution < -0.4 is 15.8 Å². The fourth-order valence-electron chi connectivity index (χ4n) is 12.2. The van der Waals surface area contributed by atoms with E-state index in [0.717, 1.165) is 6.42 Å². The molecule has 1 heterocycles. The molecule has 0 unspecified atom stereocenters. The first kappa shape index (κ1) is 44.1. The summed E-state index contributed by atoms with van der Waals surface area (Å²) in [5.41, 5.74) is 25.7. The highest BCUT2D eigenvalue weighted by atomic mass is 15.2. The van der Waals surface area contributed by atoms with Crippen LogP contribution in [0.2, 0.25) is 6.82 Å². The van der Waals surface area contributed by atoms with Gasteiger partial charge in [-0.15, -0.1) is 0 Å². The minimum absolute atomic E-state index is 0.0695. The monoisotopic (exact) mass is 884 g/mol. The second kappa shape index (κ2) is 16.4. The first-order chi connectivity index (χ1) is 32.6. The Balaban J connectivity index is 1.20. The quantitative estimate of drug-likeness (QED) is 0.144. The van der Waals surface area contributed by atoms with Gasteiger partial charge in [-0.3, -0.25) is 0 Å².